The highest BCUT2D eigenvalue weighted by Crippen LogP contribution is 2.61. The van der Waals surface area contributed by atoms with Crippen LogP contribution in [0.4, 0.5) is 4.79 Å². The zero-order valence-corrected chi connectivity index (χ0v) is 16.6. The Bertz CT molecular complexity index is 562. The maximum Gasteiger partial charge on any atom is 0.319 e. The number of hydrogen-bond donors (Lipinski definition) is 0. The van der Waals surface area contributed by atoms with Crippen LogP contribution >= 0.6 is 0 Å². The number of fused-ring (bicyclic) bond motifs is 2. The molecule has 26 heavy (non-hydrogen) atoms. The molecular formula is C21H34N2O3. The Balaban J connectivity index is 1.26. The van der Waals surface area contributed by atoms with E-state index in [4.69, 9.17) is 4.74 Å². The number of esters is 1. The molecule has 0 radical (unpaired) electrons. The van der Waals surface area contributed by atoms with E-state index in [1.165, 1.54) is 6.42 Å². The monoisotopic (exact) mass is 362 g/mol. The third kappa shape index (κ3) is 3.01. The van der Waals surface area contributed by atoms with Crippen LogP contribution < -0.4 is 0 Å². The van der Waals surface area contributed by atoms with Gasteiger partial charge in [-0.3, -0.25) is 4.79 Å². The van der Waals surface area contributed by atoms with Gasteiger partial charge in [-0.1, -0.05) is 20.8 Å². The predicted molar refractivity (Wildman–Crippen MR) is 99.5 cm³/mol. The van der Waals surface area contributed by atoms with Crippen molar-refractivity contribution in [2.24, 2.45) is 29.1 Å². The first kappa shape index (κ1) is 18.1. The zero-order chi connectivity index (χ0) is 18.5. The van der Waals surface area contributed by atoms with E-state index in [9.17, 15) is 9.59 Å². The van der Waals surface area contributed by atoms with Crippen molar-refractivity contribution in [1.82, 2.24) is 9.80 Å². The molecule has 4 unspecified atom stereocenters. The Hall–Kier alpha value is -1.26. The number of urea groups is 1. The van der Waals surface area contributed by atoms with E-state index in [0.29, 0.717) is 36.3 Å². The highest BCUT2D eigenvalue weighted by Gasteiger charge is 2.57. The van der Waals surface area contributed by atoms with Crippen LogP contribution in [-0.2, 0) is 9.53 Å². The van der Waals surface area contributed by atoms with E-state index < -0.39 is 0 Å². The molecule has 0 aromatic rings. The number of carbonyl (C=O) groups excluding carboxylic acids is 2. The molecule has 0 spiro atoms. The molecule has 2 heterocycles. The van der Waals surface area contributed by atoms with Gasteiger partial charge in [0.2, 0.25) is 0 Å². The Labute approximate surface area is 157 Å². The number of hydrogen-bond acceptors (Lipinski definition) is 3. The van der Waals surface area contributed by atoms with Crippen LogP contribution in [0.3, 0.4) is 0 Å². The van der Waals surface area contributed by atoms with Crippen molar-refractivity contribution >= 4 is 12.0 Å². The molecule has 5 fully saturated rings. The second-order valence-electron chi connectivity index (χ2n) is 9.67. The van der Waals surface area contributed by atoms with E-state index in [1.54, 1.807) is 0 Å². The number of rotatable bonds is 2. The van der Waals surface area contributed by atoms with Gasteiger partial charge in [0.05, 0.1) is 5.92 Å². The minimum atomic E-state index is -0.0314. The summed E-state index contributed by atoms with van der Waals surface area (Å²) < 4.78 is 5.98. The van der Waals surface area contributed by atoms with Gasteiger partial charge >= 0.3 is 12.0 Å². The topological polar surface area (TPSA) is 49.9 Å². The Kier molecular flexibility index (Phi) is 4.68. The third-order valence-corrected chi connectivity index (χ3v) is 8.03. The van der Waals surface area contributed by atoms with Gasteiger partial charge in [0.15, 0.2) is 0 Å². The van der Waals surface area contributed by atoms with Gasteiger partial charge in [0.1, 0.15) is 6.10 Å². The molecule has 5 rings (SSSR count). The van der Waals surface area contributed by atoms with Gasteiger partial charge in [0.25, 0.3) is 0 Å². The number of ether oxygens (including phenoxy) is 1. The Morgan fingerprint density at radius 1 is 0.962 bits per heavy atom. The summed E-state index contributed by atoms with van der Waals surface area (Å²) in [5.41, 5.74) is 0.420. The molecule has 2 saturated heterocycles. The minimum Gasteiger partial charge on any atom is -0.462 e. The summed E-state index contributed by atoms with van der Waals surface area (Å²) in [5.74, 6) is 1.82. The summed E-state index contributed by atoms with van der Waals surface area (Å²) in [6.07, 6.45) is 6.17. The summed E-state index contributed by atoms with van der Waals surface area (Å²) in [4.78, 5) is 29.0. The van der Waals surface area contributed by atoms with Crippen LogP contribution in [0, 0.1) is 29.1 Å². The van der Waals surface area contributed by atoms with Crippen molar-refractivity contribution in [3.8, 4) is 0 Å². The normalized spacial score (nSPS) is 36.6. The van der Waals surface area contributed by atoms with Crippen molar-refractivity contribution in [2.75, 3.05) is 26.2 Å². The Morgan fingerprint density at radius 2 is 1.58 bits per heavy atom. The molecule has 3 saturated carbocycles. The van der Waals surface area contributed by atoms with Crippen LogP contribution in [0.25, 0.3) is 0 Å². The first-order valence-electron chi connectivity index (χ1n) is 10.6. The molecule has 5 heteroatoms. The van der Waals surface area contributed by atoms with E-state index in [2.05, 4.69) is 20.8 Å². The molecule has 2 amide bonds. The maximum absolute atomic E-state index is 12.7. The fourth-order valence-electron chi connectivity index (χ4n) is 5.92. The van der Waals surface area contributed by atoms with Crippen LogP contribution in [0.15, 0.2) is 0 Å². The average molecular weight is 363 g/mol. The molecule has 0 aromatic carbocycles. The first-order chi connectivity index (χ1) is 12.4. The highest BCUT2D eigenvalue weighted by molar-refractivity contribution is 5.76. The van der Waals surface area contributed by atoms with Crippen molar-refractivity contribution < 1.29 is 14.3 Å². The summed E-state index contributed by atoms with van der Waals surface area (Å²) >= 11 is 0. The largest absolute Gasteiger partial charge is 0.462 e. The van der Waals surface area contributed by atoms with Gasteiger partial charge in [-0.25, -0.2) is 4.79 Å². The highest BCUT2D eigenvalue weighted by atomic mass is 16.5. The number of amides is 2. The van der Waals surface area contributed by atoms with Gasteiger partial charge in [0, 0.05) is 26.2 Å². The summed E-state index contributed by atoms with van der Waals surface area (Å²) in [5, 5.41) is 0. The van der Waals surface area contributed by atoms with Gasteiger partial charge in [-0.2, -0.15) is 0 Å². The van der Waals surface area contributed by atoms with Crippen molar-refractivity contribution in [3.63, 3.8) is 0 Å². The van der Waals surface area contributed by atoms with Crippen LogP contribution in [0.1, 0.15) is 59.3 Å². The van der Waals surface area contributed by atoms with E-state index in [1.807, 2.05) is 9.80 Å². The molecule has 0 N–H and O–H groups in total. The second-order valence-corrected chi connectivity index (χ2v) is 9.67. The van der Waals surface area contributed by atoms with Gasteiger partial charge in [-0.05, 0) is 61.7 Å². The van der Waals surface area contributed by atoms with Gasteiger partial charge in [-0.15, -0.1) is 0 Å². The van der Waals surface area contributed by atoms with Crippen molar-refractivity contribution in [2.45, 2.75) is 65.4 Å². The lowest BCUT2D eigenvalue weighted by molar-refractivity contribution is -0.190. The van der Waals surface area contributed by atoms with Gasteiger partial charge < -0.3 is 14.5 Å². The number of piperidine rings is 1. The zero-order valence-electron chi connectivity index (χ0n) is 16.6. The lowest BCUT2D eigenvalue weighted by Crippen LogP contribution is -2.57. The molecule has 2 aliphatic heterocycles. The molecular weight excluding hydrogens is 328 g/mol. The SMILES string of the molecule is CC1C(OC(=O)C2CCN(C(=O)N3CCCC3)CC2)CC2CC1C2(C)C. The fourth-order valence-corrected chi connectivity index (χ4v) is 5.92. The summed E-state index contributed by atoms with van der Waals surface area (Å²) in [7, 11) is 0. The van der Waals surface area contributed by atoms with Crippen LogP contribution in [-0.4, -0.2) is 54.1 Å². The molecule has 3 aliphatic carbocycles. The average Bonchev–Trinajstić information content (AvgIpc) is 3.17. The van der Waals surface area contributed by atoms with Crippen molar-refractivity contribution in [1.29, 1.82) is 0 Å². The molecule has 4 atom stereocenters. The molecule has 5 aliphatic rings. The molecule has 0 aromatic heterocycles. The molecule has 146 valence electrons. The number of likely N-dealkylation sites (tertiary alicyclic amines) is 2. The summed E-state index contributed by atoms with van der Waals surface area (Å²) in [6.45, 7) is 10.2. The smallest absolute Gasteiger partial charge is 0.319 e. The molecule has 2 bridgehead atoms. The predicted octanol–water partition coefficient (Wildman–Crippen LogP) is 3.53. The van der Waals surface area contributed by atoms with Crippen molar-refractivity contribution in [3.05, 3.63) is 0 Å². The number of carbonyl (C=O) groups is 2. The Morgan fingerprint density at radius 3 is 2.15 bits per heavy atom. The van der Waals surface area contributed by atoms with E-state index >= 15 is 0 Å². The first-order valence-corrected chi connectivity index (χ1v) is 10.6. The third-order valence-electron chi connectivity index (χ3n) is 8.03. The van der Waals surface area contributed by atoms with Crippen LogP contribution in [0.2, 0.25) is 0 Å². The standard InChI is InChI=1S/C21H34N2O3/c1-14-17-12-16(21(17,2)3)13-18(14)26-19(24)15-6-10-23(11-7-15)20(25)22-8-4-5-9-22/h14-18H,4-13H2,1-3H3. The lowest BCUT2D eigenvalue weighted by Gasteiger charge is -2.61. The number of nitrogens with zero attached hydrogens (tertiary/aromatic N) is 2. The second kappa shape index (κ2) is 6.72. The fraction of sp³-hybridized carbons (Fsp3) is 0.905. The van der Waals surface area contributed by atoms with Crippen LogP contribution in [0.5, 0.6) is 0 Å². The maximum atomic E-state index is 12.7. The molecule has 5 nitrogen and oxygen atoms in total. The van der Waals surface area contributed by atoms with E-state index in [0.717, 1.165) is 45.2 Å². The van der Waals surface area contributed by atoms with E-state index in [-0.39, 0.29) is 24.0 Å². The lowest BCUT2D eigenvalue weighted by atomic mass is 9.45. The quantitative estimate of drug-likeness (QED) is 0.706. The minimum absolute atomic E-state index is 0.0192. The summed E-state index contributed by atoms with van der Waals surface area (Å²) in [6, 6.07) is 0.164.